The van der Waals surface area contributed by atoms with E-state index in [1.165, 1.54) is 11.8 Å². The number of nitrogens with zero attached hydrogens (tertiary/aromatic N) is 4. The Hall–Kier alpha value is -1.85. The number of nitrogens with one attached hydrogen (secondary N) is 1. The molecule has 1 amide bonds. The van der Waals surface area contributed by atoms with E-state index in [2.05, 4.69) is 26.8 Å². The van der Waals surface area contributed by atoms with E-state index in [-0.39, 0.29) is 17.7 Å². The summed E-state index contributed by atoms with van der Waals surface area (Å²) in [6, 6.07) is 4.00. The molecule has 1 N–H and O–H groups in total. The molecule has 2 rings (SSSR count). The number of hydrogen-bond donors (Lipinski definition) is 1. The van der Waals surface area contributed by atoms with E-state index in [1.807, 2.05) is 17.5 Å². The smallest absolute Gasteiger partial charge is 0.234 e. The second-order valence-corrected chi connectivity index (χ2v) is 6.22. The number of thioether (sulfide) groups is 1. The van der Waals surface area contributed by atoms with E-state index < -0.39 is 0 Å². The SMILES string of the molecule is C#CCNC(=O)C(C)Sc1nnnn1Cc1cccs1. The van der Waals surface area contributed by atoms with Crippen molar-refractivity contribution in [3.05, 3.63) is 22.4 Å². The topological polar surface area (TPSA) is 72.7 Å². The summed E-state index contributed by atoms with van der Waals surface area (Å²) in [4.78, 5) is 12.9. The Bertz CT molecular complexity index is 602. The number of thiophene rings is 1. The summed E-state index contributed by atoms with van der Waals surface area (Å²) in [5.74, 6) is 2.24. The van der Waals surface area contributed by atoms with E-state index in [0.29, 0.717) is 11.7 Å². The predicted octanol–water partition coefficient (Wildman–Crippen LogP) is 1.01. The average molecular weight is 307 g/mol. The lowest BCUT2D eigenvalue weighted by atomic mass is 10.4. The Morgan fingerprint density at radius 3 is 3.25 bits per heavy atom. The normalized spacial score (nSPS) is 11.8. The van der Waals surface area contributed by atoms with Crippen LogP contribution in [0.25, 0.3) is 0 Å². The summed E-state index contributed by atoms with van der Waals surface area (Å²) in [5.41, 5.74) is 0. The van der Waals surface area contributed by atoms with Gasteiger partial charge in [-0.25, -0.2) is 4.68 Å². The molecule has 1 unspecified atom stereocenters. The summed E-state index contributed by atoms with van der Waals surface area (Å²) in [6.45, 7) is 2.62. The Morgan fingerprint density at radius 1 is 1.70 bits per heavy atom. The zero-order valence-electron chi connectivity index (χ0n) is 10.8. The van der Waals surface area contributed by atoms with E-state index in [9.17, 15) is 4.79 Å². The highest BCUT2D eigenvalue weighted by Gasteiger charge is 2.18. The van der Waals surface area contributed by atoms with E-state index in [0.717, 1.165) is 4.88 Å². The molecule has 0 saturated carbocycles. The van der Waals surface area contributed by atoms with Gasteiger partial charge in [-0.1, -0.05) is 23.7 Å². The fourth-order valence-electron chi connectivity index (χ4n) is 1.42. The first-order valence-electron chi connectivity index (χ1n) is 5.87. The van der Waals surface area contributed by atoms with Crippen LogP contribution in [-0.4, -0.2) is 37.9 Å². The molecule has 2 aromatic heterocycles. The first kappa shape index (κ1) is 14.6. The molecule has 20 heavy (non-hydrogen) atoms. The minimum Gasteiger partial charge on any atom is -0.344 e. The number of aromatic nitrogens is 4. The van der Waals surface area contributed by atoms with Gasteiger partial charge in [0.2, 0.25) is 11.1 Å². The number of amides is 1. The zero-order valence-corrected chi connectivity index (χ0v) is 12.4. The van der Waals surface area contributed by atoms with Gasteiger partial charge in [-0.3, -0.25) is 4.79 Å². The molecule has 0 aliphatic rings. The minimum absolute atomic E-state index is 0.126. The Labute approximate surface area is 125 Å². The molecule has 0 bridgehead atoms. The number of tetrazole rings is 1. The van der Waals surface area contributed by atoms with Crippen LogP contribution in [0.15, 0.2) is 22.7 Å². The van der Waals surface area contributed by atoms with Crippen molar-refractivity contribution < 1.29 is 4.79 Å². The van der Waals surface area contributed by atoms with Crippen LogP contribution in [0.1, 0.15) is 11.8 Å². The van der Waals surface area contributed by atoms with Crippen LogP contribution in [0, 0.1) is 12.3 Å². The largest absolute Gasteiger partial charge is 0.344 e. The van der Waals surface area contributed by atoms with Crippen molar-refractivity contribution in [1.82, 2.24) is 25.5 Å². The van der Waals surface area contributed by atoms with Gasteiger partial charge in [0.05, 0.1) is 18.3 Å². The van der Waals surface area contributed by atoms with Crippen molar-refractivity contribution in [3.8, 4) is 12.3 Å². The van der Waals surface area contributed by atoms with Gasteiger partial charge in [0.15, 0.2) is 0 Å². The van der Waals surface area contributed by atoms with Gasteiger partial charge >= 0.3 is 0 Å². The molecular formula is C12H13N5OS2. The highest BCUT2D eigenvalue weighted by Crippen LogP contribution is 2.21. The molecule has 6 nitrogen and oxygen atoms in total. The molecule has 104 valence electrons. The first-order chi connectivity index (χ1) is 9.70. The Kier molecular flexibility index (Phi) is 5.15. The van der Waals surface area contributed by atoms with Crippen molar-refractivity contribution in [3.63, 3.8) is 0 Å². The van der Waals surface area contributed by atoms with Gasteiger partial charge in [-0.05, 0) is 28.8 Å². The first-order valence-corrected chi connectivity index (χ1v) is 7.63. The highest BCUT2D eigenvalue weighted by atomic mass is 32.2. The fraction of sp³-hybridized carbons (Fsp3) is 0.333. The van der Waals surface area contributed by atoms with E-state index in [1.54, 1.807) is 22.9 Å². The summed E-state index contributed by atoms with van der Waals surface area (Å²) in [6.07, 6.45) is 5.11. The fourth-order valence-corrected chi connectivity index (χ4v) is 2.92. The summed E-state index contributed by atoms with van der Waals surface area (Å²) in [7, 11) is 0. The maximum absolute atomic E-state index is 11.8. The van der Waals surface area contributed by atoms with Crippen LogP contribution in [0.3, 0.4) is 0 Å². The Balaban J connectivity index is 1.98. The molecule has 0 spiro atoms. The van der Waals surface area contributed by atoms with E-state index >= 15 is 0 Å². The van der Waals surface area contributed by atoms with Crippen LogP contribution >= 0.6 is 23.1 Å². The summed E-state index contributed by atoms with van der Waals surface area (Å²) < 4.78 is 1.68. The van der Waals surface area contributed by atoms with Gasteiger partial charge in [0.25, 0.3) is 0 Å². The lowest BCUT2D eigenvalue weighted by Crippen LogP contribution is -2.31. The van der Waals surface area contributed by atoms with Crippen molar-refractivity contribution >= 4 is 29.0 Å². The molecule has 0 radical (unpaired) electrons. The molecular weight excluding hydrogens is 294 g/mol. The molecule has 0 fully saturated rings. The molecule has 2 aromatic rings. The molecule has 8 heteroatoms. The lowest BCUT2D eigenvalue weighted by molar-refractivity contribution is -0.120. The number of carbonyl (C=O) groups is 1. The molecule has 0 aliphatic carbocycles. The molecule has 0 saturated heterocycles. The lowest BCUT2D eigenvalue weighted by Gasteiger charge is -2.09. The number of hydrogen-bond acceptors (Lipinski definition) is 6. The van der Waals surface area contributed by atoms with Gasteiger partial charge in [-0.15, -0.1) is 22.9 Å². The maximum atomic E-state index is 11.8. The maximum Gasteiger partial charge on any atom is 0.234 e. The van der Waals surface area contributed by atoms with Crippen molar-refractivity contribution in [1.29, 1.82) is 0 Å². The second-order valence-electron chi connectivity index (χ2n) is 3.88. The van der Waals surface area contributed by atoms with E-state index in [4.69, 9.17) is 6.42 Å². The molecule has 0 aromatic carbocycles. The standard InChI is InChI=1S/C12H13N5OS2/c1-3-6-13-11(18)9(2)20-12-14-15-16-17(12)8-10-5-4-7-19-10/h1,4-5,7,9H,6,8H2,2H3,(H,13,18). The van der Waals surface area contributed by atoms with Gasteiger partial charge in [-0.2, -0.15) is 0 Å². The van der Waals surface area contributed by atoms with Crippen molar-refractivity contribution in [2.75, 3.05) is 6.54 Å². The number of terminal acetylenes is 1. The monoisotopic (exact) mass is 307 g/mol. The third-order valence-corrected chi connectivity index (χ3v) is 4.33. The second kappa shape index (κ2) is 7.07. The Morgan fingerprint density at radius 2 is 2.55 bits per heavy atom. The van der Waals surface area contributed by atoms with Gasteiger partial charge in [0.1, 0.15) is 0 Å². The molecule has 0 aliphatic heterocycles. The predicted molar refractivity (Wildman–Crippen MR) is 78.4 cm³/mol. The van der Waals surface area contributed by atoms with Crippen LogP contribution in [0.4, 0.5) is 0 Å². The van der Waals surface area contributed by atoms with Gasteiger partial charge in [0, 0.05) is 4.88 Å². The number of rotatable bonds is 6. The average Bonchev–Trinajstić information content (AvgIpc) is 3.09. The summed E-state index contributed by atoms with van der Waals surface area (Å²) >= 11 is 2.95. The highest BCUT2D eigenvalue weighted by molar-refractivity contribution is 8.00. The third kappa shape index (κ3) is 3.82. The van der Waals surface area contributed by atoms with Crippen LogP contribution in [0.2, 0.25) is 0 Å². The van der Waals surface area contributed by atoms with Crippen LogP contribution < -0.4 is 5.32 Å². The molecule has 2 heterocycles. The van der Waals surface area contributed by atoms with Crippen molar-refractivity contribution in [2.24, 2.45) is 0 Å². The van der Waals surface area contributed by atoms with Crippen molar-refractivity contribution in [2.45, 2.75) is 23.9 Å². The minimum atomic E-state index is -0.309. The molecule has 1 atom stereocenters. The summed E-state index contributed by atoms with van der Waals surface area (Å²) in [5, 5.41) is 16.5. The van der Waals surface area contributed by atoms with Crippen LogP contribution in [-0.2, 0) is 11.3 Å². The zero-order chi connectivity index (χ0) is 14.4. The number of carbonyl (C=O) groups excluding carboxylic acids is 1. The quantitative estimate of drug-likeness (QED) is 0.637. The third-order valence-electron chi connectivity index (χ3n) is 2.40. The van der Waals surface area contributed by atoms with Gasteiger partial charge < -0.3 is 5.32 Å². The van der Waals surface area contributed by atoms with Crippen LogP contribution in [0.5, 0.6) is 0 Å².